The van der Waals surface area contributed by atoms with E-state index in [1.165, 1.54) is 55.5 Å². The van der Waals surface area contributed by atoms with Gasteiger partial charge in [-0.25, -0.2) is 4.79 Å². The lowest BCUT2D eigenvalue weighted by molar-refractivity contribution is -0.142. The van der Waals surface area contributed by atoms with Crippen LogP contribution in [0, 0.1) is 0 Å². The Bertz CT molecular complexity index is 1200. The highest BCUT2D eigenvalue weighted by molar-refractivity contribution is 5.95. The van der Waals surface area contributed by atoms with Crippen molar-refractivity contribution in [1.29, 1.82) is 0 Å². The lowest BCUT2D eigenvalue weighted by Gasteiger charge is -2.26. The van der Waals surface area contributed by atoms with Crippen LogP contribution in [0.3, 0.4) is 0 Å². The minimum absolute atomic E-state index is 0.0278. The van der Waals surface area contributed by atoms with E-state index < -0.39 is 66.4 Å². The van der Waals surface area contributed by atoms with E-state index in [1.54, 1.807) is 0 Å². The number of nitrogens with two attached hydrogens (primary N) is 1. The molecule has 2 aromatic carbocycles. The van der Waals surface area contributed by atoms with Gasteiger partial charge in [0.15, 0.2) is 0 Å². The molecule has 0 radical (unpaired) electrons. The van der Waals surface area contributed by atoms with E-state index in [4.69, 9.17) is 10.8 Å². The van der Waals surface area contributed by atoms with E-state index in [2.05, 4.69) is 16.0 Å². The number of aliphatic hydroxyl groups is 1. The van der Waals surface area contributed by atoms with Crippen LogP contribution in [0.4, 0.5) is 0 Å². The number of rotatable bonds is 14. The van der Waals surface area contributed by atoms with Crippen LogP contribution < -0.4 is 21.7 Å². The molecule has 5 atom stereocenters. The van der Waals surface area contributed by atoms with Crippen molar-refractivity contribution in [2.24, 2.45) is 5.73 Å². The second kappa shape index (κ2) is 14.5. The van der Waals surface area contributed by atoms with E-state index in [0.717, 1.165) is 0 Å². The summed E-state index contributed by atoms with van der Waals surface area (Å²) >= 11 is 0. The molecule has 216 valence electrons. The summed E-state index contributed by atoms with van der Waals surface area (Å²) in [6.07, 6.45) is -2.53. The Hall–Kier alpha value is -4.69. The monoisotopic (exact) mass is 560 g/mol. The van der Waals surface area contributed by atoms with E-state index >= 15 is 0 Å². The zero-order valence-corrected chi connectivity index (χ0v) is 21.5. The van der Waals surface area contributed by atoms with Gasteiger partial charge in [-0.05, 0) is 42.3 Å². The first-order chi connectivity index (χ1) is 18.8. The third-order valence-electron chi connectivity index (χ3n) is 5.79. The Morgan fingerprint density at radius 3 is 1.60 bits per heavy atom. The molecule has 0 heterocycles. The number of nitrogens with one attached hydrogen (secondary N) is 3. The Morgan fingerprint density at radius 1 is 0.725 bits per heavy atom. The summed E-state index contributed by atoms with van der Waals surface area (Å²) in [5, 5.41) is 54.6. The van der Waals surface area contributed by atoms with Gasteiger partial charge >= 0.3 is 11.9 Å². The first-order valence-corrected chi connectivity index (χ1v) is 12.1. The van der Waals surface area contributed by atoms with Crippen LogP contribution in [-0.4, -0.2) is 85.5 Å². The standard InChI is InChI=1S/C26H32N4O10/c1-13(31)22(30-23(36)18(27)12-21(34)35)25(38)28-19(10-14-2-6-16(32)7-3-14)24(37)29-20(26(39)40)11-15-4-8-17(33)9-5-15/h2-9,13,18-20,22,31-33H,10-12,27H2,1H3,(H,28,38)(H,29,37)(H,30,36)(H,34,35)(H,39,40)/t13-,18+,19+,20+,22+/m1/s1. The first-order valence-electron chi connectivity index (χ1n) is 12.1. The normalized spacial score (nSPS) is 14.6. The van der Waals surface area contributed by atoms with Crippen LogP contribution in [0.5, 0.6) is 11.5 Å². The molecule has 0 saturated heterocycles. The molecule has 14 heteroatoms. The van der Waals surface area contributed by atoms with Gasteiger partial charge in [0, 0.05) is 12.8 Å². The maximum atomic E-state index is 13.2. The Kier molecular flexibility index (Phi) is 11.4. The van der Waals surface area contributed by atoms with Crippen molar-refractivity contribution in [3.8, 4) is 11.5 Å². The van der Waals surface area contributed by atoms with Gasteiger partial charge in [0.25, 0.3) is 0 Å². The van der Waals surface area contributed by atoms with Gasteiger partial charge in [-0.3, -0.25) is 19.2 Å². The van der Waals surface area contributed by atoms with Gasteiger partial charge in [-0.1, -0.05) is 24.3 Å². The molecular formula is C26H32N4O10. The van der Waals surface area contributed by atoms with Gasteiger partial charge in [0.05, 0.1) is 18.6 Å². The number of carboxylic acid groups (broad SMARTS) is 2. The predicted octanol–water partition coefficient (Wildman–Crippen LogP) is -1.40. The zero-order chi connectivity index (χ0) is 30.0. The maximum Gasteiger partial charge on any atom is 0.326 e. The molecular weight excluding hydrogens is 528 g/mol. The fourth-order valence-corrected chi connectivity index (χ4v) is 3.62. The number of carbonyl (C=O) groups excluding carboxylic acids is 3. The van der Waals surface area contributed by atoms with Gasteiger partial charge < -0.3 is 47.2 Å². The minimum Gasteiger partial charge on any atom is -0.508 e. The fourth-order valence-electron chi connectivity index (χ4n) is 3.62. The summed E-state index contributed by atoms with van der Waals surface area (Å²) in [4.78, 5) is 61.3. The van der Waals surface area contributed by atoms with E-state index in [1.807, 2.05) is 0 Å². The summed E-state index contributed by atoms with van der Waals surface area (Å²) in [5.41, 5.74) is 6.50. The van der Waals surface area contributed by atoms with Gasteiger partial charge in [-0.2, -0.15) is 0 Å². The van der Waals surface area contributed by atoms with Crippen LogP contribution in [0.2, 0.25) is 0 Å². The van der Waals surface area contributed by atoms with Crippen LogP contribution in [0.15, 0.2) is 48.5 Å². The fraction of sp³-hybridized carbons (Fsp3) is 0.346. The third-order valence-corrected chi connectivity index (χ3v) is 5.79. The number of carboxylic acids is 2. The molecule has 0 spiro atoms. The van der Waals surface area contributed by atoms with Gasteiger partial charge in [0.1, 0.15) is 29.6 Å². The molecule has 40 heavy (non-hydrogen) atoms. The van der Waals surface area contributed by atoms with Crippen LogP contribution in [0.1, 0.15) is 24.5 Å². The Balaban J connectivity index is 2.26. The largest absolute Gasteiger partial charge is 0.508 e. The zero-order valence-electron chi connectivity index (χ0n) is 21.5. The second-order valence-corrected chi connectivity index (χ2v) is 9.13. The molecule has 0 fully saturated rings. The van der Waals surface area contributed by atoms with Crippen molar-refractivity contribution in [2.45, 2.75) is 56.5 Å². The van der Waals surface area contributed by atoms with Crippen molar-refractivity contribution < 1.29 is 49.5 Å². The van der Waals surface area contributed by atoms with E-state index in [-0.39, 0.29) is 24.3 Å². The van der Waals surface area contributed by atoms with Crippen molar-refractivity contribution in [3.63, 3.8) is 0 Å². The molecule has 2 rings (SSSR count). The summed E-state index contributed by atoms with van der Waals surface area (Å²) < 4.78 is 0. The topological polar surface area (TPSA) is 249 Å². The highest BCUT2D eigenvalue weighted by Gasteiger charge is 2.33. The Morgan fingerprint density at radius 2 is 1.18 bits per heavy atom. The highest BCUT2D eigenvalue weighted by atomic mass is 16.4. The molecule has 0 bridgehead atoms. The first kappa shape index (κ1) is 31.5. The summed E-state index contributed by atoms with van der Waals surface area (Å²) in [6.45, 7) is 1.18. The predicted molar refractivity (Wildman–Crippen MR) is 139 cm³/mol. The number of hydrogen-bond donors (Lipinski definition) is 9. The molecule has 0 aliphatic carbocycles. The van der Waals surface area contributed by atoms with Crippen molar-refractivity contribution in [2.75, 3.05) is 0 Å². The SMILES string of the molecule is C[C@@H](O)[C@H](NC(=O)[C@@H](N)CC(=O)O)C(=O)N[C@@H](Cc1ccc(O)cc1)C(=O)N[C@@H](Cc1ccc(O)cc1)C(=O)O. The third kappa shape index (κ3) is 9.89. The quantitative estimate of drug-likeness (QED) is 0.130. The van der Waals surface area contributed by atoms with Crippen LogP contribution in [0.25, 0.3) is 0 Å². The number of carbonyl (C=O) groups is 5. The minimum atomic E-state index is -1.63. The number of aliphatic hydroxyl groups excluding tert-OH is 1. The average Bonchev–Trinajstić information content (AvgIpc) is 2.87. The lowest BCUT2D eigenvalue weighted by atomic mass is 10.0. The van der Waals surface area contributed by atoms with Crippen molar-refractivity contribution >= 4 is 29.7 Å². The number of amides is 3. The summed E-state index contributed by atoms with van der Waals surface area (Å²) in [5.74, 6) is -5.74. The molecule has 2 aromatic rings. The smallest absolute Gasteiger partial charge is 0.326 e. The number of aliphatic carboxylic acids is 2. The number of phenolic OH excluding ortho intramolecular Hbond substituents is 2. The van der Waals surface area contributed by atoms with E-state index in [9.17, 15) is 44.4 Å². The number of benzene rings is 2. The van der Waals surface area contributed by atoms with Crippen molar-refractivity contribution in [1.82, 2.24) is 16.0 Å². The number of phenols is 2. The Labute approximate surface area is 228 Å². The summed E-state index contributed by atoms with van der Waals surface area (Å²) in [7, 11) is 0. The molecule has 14 nitrogen and oxygen atoms in total. The molecule has 10 N–H and O–H groups in total. The van der Waals surface area contributed by atoms with E-state index in [0.29, 0.717) is 11.1 Å². The molecule has 3 amide bonds. The van der Waals surface area contributed by atoms with Crippen LogP contribution in [-0.2, 0) is 36.8 Å². The molecule has 0 unspecified atom stereocenters. The second-order valence-electron chi connectivity index (χ2n) is 9.13. The van der Waals surface area contributed by atoms with Gasteiger partial charge in [0.2, 0.25) is 17.7 Å². The van der Waals surface area contributed by atoms with Crippen molar-refractivity contribution in [3.05, 3.63) is 59.7 Å². The average molecular weight is 561 g/mol. The van der Waals surface area contributed by atoms with Gasteiger partial charge in [-0.15, -0.1) is 0 Å². The lowest BCUT2D eigenvalue weighted by Crippen LogP contribution is -2.60. The number of aromatic hydroxyl groups is 2. The summed E-state index contributed by atoms with van der Waals surface area (Å²) in [6, 6.07) is 5.37. The van der Waals surface area contributed by atoms with Crippen LogP contribution >= 0.6 is 0 Å². The molecule has 0 aliphatic heterocycles. The molecule has 0 aliphatic rings. The number of hydrogen-bond acceptors (Lipinski definition) is 9. The maximum absolute atomic E-state index is 13.2. The molecule has 0 saturated carbocycles. The highest BCUT2D eigenvalue weighted by Crippen LogP contribution is 2.14. The molecule has 0 aromatic heterocycles.